The zero-order valence-electron chi connectivity index (χ0n) is 14.2. The molecule has 0 saturated carbocycles. The van der Waals surface area contributed by atoms with Crippen LogP contribution in [-0.4, -0.2) is 42.1 Å². The molecule has 5 heteroatoms. The molecule has 0 aliphatic heterocycles. The van der Waals surface area contributed by atoms with Gasteiger partial charge < -0.3 is 4.74 Å². The van der Waals surface area contributed by atoms with Gasteiger partial charge in [-0.1, -0.05) is 6.92 Å². The lowest BCUT2D eigenvalue weighted by Crippen LogP contribution is -2.35. The number of hydrogen-bond donors (Lipinski definition) is 1. The Hall–Kier alpha value is -1.25. The van der Waals surface area contributed by atoms with Gasteiger partial charge in [-0.3, -0.25) is 4.90 Å². The SMILES string of the molecule is CCN(CCC(S)CC(C)F)CC(C)Oc1ccc(C#N)cc1. The third-order valence-corrected chi connectivity index (χ3v) is 4.13. The van der Waals surface area contributed by atoms with Crippen LogP contribution in [0.15, 0.2) is 24.3 Å². The van der Waals surface area contributed by atoms with Crippen molar-refractivity contribution >= 4 is 12.6 Å². The normalized spacial score (nSPS) is 15.0. The molecule has 3 nitrogen and oxygen atoms in total. The Bertz CT molecular complexity index is 487. The van der Waals surface area contributed by atoms with Crippen molar-refractivity contribution in [3.8, 4) is 11.8 Å². The highest BCUT2D eigenvalue weighted by Gasteiger charge is 2.13. The Kier molecular flexibility index (Phi) is 9.05. The molecule has 0 N–H and O–H groups in total. The molecule has 3 unspecified atom stereocenters. The molecule has 0 saturated heterocycles. The Morgan fingerprint density at radius 2 is 1.96 bits per heavy atom. The Morgan fingerprint density at radius 1 is 1.30 bits per heavy atom. The number of halogens is 1. The summed E-state index contributed by atoms with van der Waals surface area (Å²) in [6.45, 7) is 8.34. The lowest BCUT2D eigenvalue weighted by Gasteiger charge is -2.26. The standard InChI is InChI=1S/C18H27FN2OS/c1-4-21(10-9-18(23)11-14(2)19)13-15(3)22-17-7-5-16(12-20)6-8-17/h5-8,14-15,18,23H,4,9-11,13H2,1-3H3. The molecule has 1 aromatic carbocycles. The minimum atomic E-state index is -0.800. The molecule has 3 atom stereocenters. The van der Waals surface area contributed by atoms with Crippen LogP contribution in [0.1, 0.15) is 39.2 Å². The number of nitrogens with zero attached hydrogens (tertiary/aromatic N) is 2. The van der Waals surface area contributed by atoms with Crippen LogP contribution < -0.4 is 4.74 Å². The Morgan fingerprint density at radius 3 is 2.48 bits per heavy atom. The van der Waals surface area contributed by atoms with E-state index in [1.807, 2.05) is 19.1 Å². The molecule has 0 radical (unpaired) electrons. The zero-order chi connectivity index (χ0) is 17.2. The topological polar surface area (TPSA) is 36.3 Å². The largest absolute Gasteiger partial charge is 0.489 e. The number of nitriles is 1. The number of likely N-dealkylation sites (N-methyl/N-ethyl adjacent to an activating group) is 1. The van der Waals surface area contributed by atoms with Crippen molar-refractivity contribution in [3.63, 3.8) is 0 Å². The van der Waals surface area contributed by atoms with E-state index in [2.05, 4.69) is 30.5 Å². The van der Waals surface area contributed by atoms with Crippen molar-refractivity contribution < 1.29 is 9.13 Å². The highest BCUT2D eigenvalue weighted by Crippen LogP contribution is 2.15. The lowest BCUT2D eigenvalue weighted by atomic mass is 10.1. The molecular formula is C18H27FN2OS. The molecule has 0 spiro atoms. The molecule has 23 heavy (non-hydrogen) atoms. The summed E-state index contributed by atoms with van der Waals surface area (Å²) in [6, 6.07) is 9.23. The summed E-state index contributed by atoms with van der Waals surface area (Å²) >= 11 is 4.45. The maximum atomic E-state index is 13.0. The summed E-state index contributed by atoms with van der Waals surface area (Å²) in [7, 11) is 0. The summed E-state index contributed by atoms with van der Waals surface area (Å²) in [5, 5.41) is 8.89. The molecule has 0 bridgehead atoms. The second kappa shape index (κ2) is 10.5. The minimum absolute atomic E-state index is 0.0429. The summed E-state index contributed by atoms with van der Waals surface area (Å²) in [6.07, 6.45) is 0.611. The quantitative estimate of drug-likeness (QED) is 0.653. The van der Waals surface area contributed by atoms with Crippen LogP contribution in [0.4, 0.5) is 4.39 Å². The summed E-state index contributed by atoms with van der Waals surface area (Å²) < 4.78 is 18.8. The van der Waals surface area contributed by atoms with Gasteiger partial charge in [0, 0.05) is 11.8 Å². The maximum absolute atomic E-state index is 13.0. The zero-order valence-corrected chi connectivity index (χ0v) is 15.1. The number of hydrogen-bond acceptors (Lipinski definition) is 4. The predicted octanol–water partition coefficient (Wildman–Crippen LogP) is 4.08. The van der Waals surface area contributed by atoms with E-state index >= 15 is 0 Å². The molecule has 128 valence electrons. The van der Waals surface area contributed by atoms with Crippen LogP contribution in [0.25, 0.3) is 0 Å². The lowest BCUT2D eigenvalue weighted by molar-refractivity contribution is 0.147. The molecule has 0 aliphatic rings. The van der Waals surface area contributed by atoms with Crippen molar-refractivity contribution in [3.05, 3.63) is 29.8 Å². The number of ether oxygens (including phenoxy) is 1. The van der Waals surface area contributed by atoms with Crippen molar-refractivity contribution in [1.29, 1.82) is 5.26 Å². The first-order chi connectivity index (χ1) is 10.9. The molecule has 0 fully saturated rings. The Balaban J connectivity index is 2.40. The van der Waals surface area contributed by atoms with Crippen LogP contribution in [0.5, 0.6) is 5.75 Å². The number of thiol groups is 1. The molecule has 0 amide bonds. The molecule has 0 aromatic heterocycles. The van der Waals surface area contributed by atoms with Gasteiger partial charge in [0.2, 0.25) is 0 Å². The highest BCUT2D eigenvalue weighted by molar-refractivity contribution is 7.80. The fourth-order valence-electron chi connectivity index (χ4n) is 2.44. The van der Waals surface area contributed by atoms with E-state index < -0.39 is 6.17 Å². The maximum Gasteiger partial charge on any atom is 0.119 e. The monoisotopic (exact) mass is 338 g/mol. The van der Waals surface area contributed by atoms with Crippen LogP contribution in [0.2, 0.25) is 0 Å². The smallest absolute Gasteiger partial charge is 0.119 e. The number of alkyl halides is 1. The molecule has 0 aliphatic carbocycles. The van der Waals surface area contributed by atoms with E-state index in [0.29, 0.717) is 12.0 Å². The second-order valence-electron chi connectivity index (χ2n) is 5.92. The summed E-state index contributed by atoms with van der Waals surface area (Å²) in [5.41, 5.74) is 0.627. The third-order valence-electron chi connectivity index (χ3n) is 3.66. The fraction of sp³-hybridized carbons (Fsp3) is 0.611. The number of rotatable bonds is 10. The van der Waals surface area contributed by atoms with Crippen LogP contribution >= 0.6 is 12.6 Å². The molecule has 1 aromatic rings. The van der Waals surface area contributed by atoms with Gasteiger partial charge >= 0.3 is 0 Å². The van der Waals surface area contributed by atoms with E-state index in [1.54, 1.807) is 19.1 Å². The molecular weight excluding hydrogens is 311 g/mol. The van der Waals surface area contributed by atoms with Crippen molar-refractivity contribution in [2.24, 2.45) is 0 Å². The van der Waals surface area contributed by atoms with E-state index in [9.17, 15) is 4.39 Å². The first-order valence-corrected chi connectivity index (χ1v) is 8.67. The van der Waals surface area contributed by atoms with Gasteiger partial charge in [-0.25, -0.2) is 4.39 Å². The molecule has 1 rings (SSSR count). The van der Waals surface area contributed by atoms with Crippen LogP contribution in [-0.2, 0) is 0 Å². The van der Waals surface area contributed by atoms with Gasteiger partial charge in [0.05, 0.1) is 17.8 Å². The summed E-state index contributed by atoms with van der Waals surface area (Å²) in [4.78, 5) is 2.29. The van der Waals surface area contributed by atoms with Gasteiger partial charge in [-0.2, -0.15) is 17.9 Å². The van der Waals surface area contributed by atoms with Gasteiger partial charge in [0.1, 0.15) is 11.9 Å². The highest BCUT2D eigenvalue weighted by atomic mass is 32.1. The van der Waals surface area contributed by atoms with Gasteiger partial charge in [0.25, 0.3) is 0 Å². The van der Waals surface area contributed by atoms with Crippen LogP contribution in [0, 0.1) is 11.3 Å². The van der Waals surface area contributed by atoms with Gasteiger partial charge in [-0.05, 0) is 64.0 Å². The molecule has 0 heterocycles. The Labute approximate surface area is 144 Å². The first-order valence-electron chi connectivity index (χ1n) is 8.15. The van der Waals surface area contributed by atoms with E-state index in [1.165, 1.54) is 0 Å². The predicted molar refractivity (Wildman–Crippen MR) is 95.9 cm³/mol. The van der Waals surface area contributed by atoms with Crippen molar-refractivity contribution in [2.75, 3.05) is 19.6 Å². The van der Waals surface area contributed by atoms with E-state index in [-0.39, 0.29) is 11.4 Å². The summed E-state index contributed by atoms with van der Waals surface area (Å²) in [5.74, 6) is 0.769. The third kappa shape index (κ3) is 8.24. The second-order valence-corrected chi connectivity index (χ2v) is 6.65. The van der Waals surface area contributed by atoms with Gasteiger partial charge in [0.15, 0.2) is 0 Å². The van der Waals surface area contributed by atoms with Gasteiger partial charge in [-0.15, -0.1) is 0 Å². The van der Waals surface area contributed by atoms with Crippen molar-refractivity contribution in [1.82, 2.24) is 4.90 Å². The van der Waals surface area contributed by atoms with Crippen LogP contribution in [0.3, 0.4) is 0 Å². The van der Waals surface area contributed by atoms with Crippen molar-refractivity contribution in [2.45, 2.75) is 51.1 Å². The number of benzene rings is 1. The first kappa shape index (κ1) is 19.8. The minimum Gasteiger partial charge on any atom is -0.489 e. The average Bonchev–Trinajstić information content (AvgIpc) is 2.51. The van der Waals surface area contributed by atoms with E-state index in [0.717, 1.165) is 31.8 Å². The fourth-order valence-corrected chi connectivity index (χ4v) is 2.85. The average molecular weight is 338 g/mol. The van der Waals surface area contributed by atoms with E-state index in [4.69, 9.17) is 10.00 Å².